The quantitative estimate of drug-likeness (QED) is 0.855. The molecule has 0 radical (unpaired) electrons. The highest BCUT2D eigenvalue weighted by Gasteiger charge is 2.31. The molecule has 2 atom stereocenters. The monoisotopic (exact) mass is 338 g/mol. The Balaban J connectivity index is 1.45. The molecular formula is C17H23ClN2OS. The minimum atomic E-state index is 0.299. The Hall–Kier alpha value is -0.710. The summed E-state index contributed by atoms with van der Waals surface area (Å²) in [5, 5.41) is 4.25. The molecule has 22 heavy (non-hydrogen) atoms. The highest BCUT2D eigenvalue weighted by Crippen LogP contribution is 2.29. The third kappa shape index (κ3) is 3.98. The van der Waals surface area contributed by atoms with Gasteiger partial charge in [0, 0.05) is 30.2 Å². The van der Waals surface area contributed by atoms with Gasteiger partial charge in [-0.2, -0.15) is 0 Å². The van der Waals surface area contributed by atoms with Crippen molar-refractivity contribution in [2.24, 2.45) is 11.8 Å². The standard InChI is InChI=1S/C17H23ClN2OS/c18-15-3-1-2-4-16(15)22-10-7-17(21)20-8-5-13-11-19-12-14(13)6-9-20/h1-4,13-14,19H,5-12H2/t13-,14+. The first-order valence-electron chi connectivity index (χ1n) is 8.10. The van der Waals surface area contributed by atoms with E-state index in [0.29, 0.717) is 12.3 Å². The van der Waals surface area contributed by atoms with Crippen LogP contribution in [0.1, 0.15) is 19.3 Å². The summed E-state index contributed by atoms with van der Waals surface area (Å²) in [5.74, 6) is 2.64. The number of rotatable bonds is 4. The molecule has 1 amide bonds. The van der Waals surface area contributed by atoms with Gasteiger partial charge in [-0.15, -0.1) is 11.8 Å². The van der Waals surface area contributed by atoms with Crippen molar-refractivity contribution in [3.8, 4) is 0 Å². The fourth-order valence-corrected chi connectivity index (χ4v) is 4.61. The molecule has 0 unspecified atom stereocenters. The summed E-state index contributed by atoms with van der Waals surface area (Å²) in [5.41, 5.74) is 0. The molecule has 0 aliphatic carbocycles. The molecule has 3 nitrogen and oxygen atoms in total. The topological polar surface area (TPSA) is 32.3 Å². The predicted molar refractivity (Wildman–Crippen MR) is 92.5 cm³/mol. The molecule has 5 heteroatoms. The Bertz CT molecular complexity index is 511. The van der Waals surface area contributed by atoms with Gasteiger partial charge in [0.1, 0.15) is 0 Å². The SMILES string of the molecule is O=C(CCSc1ccccc1Cl)N1CC[C@@H]2CNC[C@@H]2CC1. The van der Waals surface area contributed by atoms with Crippen molar-refractivity contribution in [3.63, 3.8) is 0 Å². The van der Waals surface area contributed by atoms with E-state index in [1.165, 1.54) is 0 Å². The molecule has 0 saturated carbocycles. The maximum Gasteiger partial charge on any atom is 0.223 e. The van der Waals surface area contributed by atoms with E-state index in [1.807, 2.05) is 24.3 Å². The lowest BCUT2D eigenvalue weighted by Crippen LogP contribution is -2.32. The molecule has 2 fully saturated rings. The van der Waals surface area contributed by atoms with Crippen LogP contribution in [0.15, 0.2) is 29.2 Å². The second-order valence-electron chi connectivity index (χ2n) is 6.17. The van der Waals surface area contributed by atoms with Crippen molar-refractivity contribution in [1.82, 2.24) is 10.2 Å². The van der Waals surface area contributed by atoms with E-state index < -0.39 is 0 Å². The molecule has 120 valence electrons. The summed E-state index contributed by atoms with van der Waals surface area (Å²) in [6, 6.07) is 7.82. The Labute approximate surface area is 141 Å². The van der Waals surface area contributed by atoms with Crippen molar-refractivity contribution in [1.29, 1.82) is 0 Å². The molecular weight excluding hydrogens is 316 g/mol. The molecule has 2 aliphatic heterocycles. The number of hydrogen-bond donors (Lipinski definition) is 1. The summed E-state index contributed by atoms with van der Waals surface area (Å²) in [4.78, 5) is 15.5. The highest BCUT2D eigenvalue weighted by atomic mass is 35.5. The van der Waals surface area contributed by atoms with E-state index in [-0.39, 0.29) is 0 Å². The van der Waals surface area contributed by atoms with Crippen LogP contribution in [-0.4, -0.2) is 42.7 Å². The number of carbonyl (C=O) groups is 1. The Morgan fingerprint density at radius 3 is 2.59 bits per heavy atom. The van der Waals surface area contributed by atoms with Gasteiger partial charge >= 0.3 is 0 Å². The van der Waals surface area contributed by atoms with Crippen molar-refractivity contribution in [2.75, 3.05) is 31.9 Å². The number of amides is 1. The zero-order valence-electron chi connectivity index (χ0n) is 12.8. The smallest absolute Gasteiger partial charge is 0.223 e. The number of thioether (sulfide) groups is 1. The molecule has 2 aliphatic rings. The first-order chi connectivity index (χ1) is 10.7. The molecule has 1 aromatic carbocycles. The van der Waals surface area contributed by atoms with Crippen LogP contribution < -0.4 is 5.32 Å². The number of halogens is 1. The molecule has 0 bridgehead atoms. The van der Waals surface area contributed by atoms with Gasteiger partial charge in [-0.25, -0.2) is 0 Å². The van der Waals surface area contributed by atoms with Gasteiger partial charge in [0.15, 0.2) is 0 Å². The van der Waals surface area contributed by atoms with Crippen molar-refractivity contribution < 1.29 is 4.79 Å². The van der Waals surface area contributed by atoms with Crippen LogP contribution in [0.5, 0.6) is 0 Å². The minimum Gasteiger partial charge on any atom is -0.343 e. The number of benzene rings is 1. The van der Waals surface area contributed by atoms with Crippen molar-refractivity contribution >= 4 is 29.3 Å². The van der Waals surface area contributed by atoms with E-state index in [2.05, 4.69) is 10.2 Å². The lowest BCUT2D eigenvalue weighted by atomic mass is 9.92. The van der Waals surface area contributed by atoms with Crippen LogP contribution in [0.3, 0.4) is 0 Å². The fourth-order valence-electron chi connectivity index (χ4n) is 3.44. The van der Waals surface area contributed by atoms with Gasteiger partial charge in [-0.3, -0.25) is 4.79 Å². The predicted octanol–water partition coefficient (Wildman–Crippen LogP) is 3.28. The molecule has 2 heterocycles. The summed E-state index contributed by atoms with van der Waals surface area (Å²) < 4.78 is 0. The van der Waals surface area contributed by atoms with Gasteiger partial charge in [0.25, 0.3) is 0 Å². The zero-order chi connectivity index (χ0) is 15.4. The molecule has 1 aromatic rings. The van der Waals surface area contributed by atoms with E-state index in [9.17, 15) is 4.79 Å². The van der Waals surface area contributed by atoms with Crippen molar-refractivity contribution in [3.05, 3.63) is 29.3 Å². The Morgan fingerprint density at radius 2 is 1.91 bits per heavy atom. The summed E-state index contributed by atoms with van der Waals surface area (Å²) in [6.07, 6.45) is 2.91. The van der Waals surface area contributed by atoms with Gasteiger partial charge in [-0.1, -0.05) is 23.7 Å². The number of nitrogens with zero attached hydrogens (tertiary/aromatic N) is 1. The van der Waals surface area contributed by atoms with Gasteiger partial charge in [-0.05, 0) is 49.9 Å². The Kier molecular flexibility index (Phi) is 5.66. The van der Waals surface area contributed by atoms with Crippen LogP contribution in [0, 0.1) is 11.8 Å². The largest absolute Gasteiger partial charge is 0.343 e. The van der Waals surface area contributed by atoms with Crippen LogP contribution in [0.25, 0.3) is 0 Å². The zero-order valence-corrected chi connectivity index (χ0v) is 14.3. The third-order valence-corrected chi connectivity index (χ3v) is 6.30. The second kappa shape index (κ2) is 7.71. The average Bonchev–Trinajstić information content (AvgIpc) is 2.87. The highest BCUT2D eigenvalue weighted by molar-refractivity contribution is 7.99. The first-order valence-corrected chi connectivity index (χ1v) is 9.46. The fraction of sp³-hybridized carbons (Fsp3) is 0.588. The van der Waals surface area contributed by atoms with Gasteiger partial charge in [0.2, 0.25) is 5.91 Å². The first kappa shape index (κ1) is 16.2. The number of likely N-dealkylation sites (tertiary alicyclic amines) is 1. The third-order valence-electron chi connectivity index (χ3n) is 4.78. The minimum absolute atomic E-state index is 0.299. The summed E-state index contributed by atoms with van der Waals surface area (Å²) in [6.45, 7) is 4.13. The lowest BCUT2D eigenvalue weighted by Gasteiger charge is -2.21. The molecule has 2 saturated heterocycles. The summed E-state index contributed by atoms with van der Waals surface area (Å²) >= 11 is 7.81. The molecule has 3 rings (SSSR count). The number of nitrogens with one attached hydrogen (secondary N) is 1. The average molecular weight is 339 g/mol. The van der Waals surface area contributed by atoms with Gasteiger partial charge in [0.05, 0.1) is 5.02 Å². The second-order valence-corrected chi connectivity index (χ2v) is 7.71. The molecule has 1 N–H and O–H groups in total. The Morgan fingerprint density at radius 1 is 1.23 bits per heavy atom. The van der Waals surface area contributed by atoms with Gasteiger partial charge < -0.3 is 10.2 Å². The van der Waals surface area contributed by atoms with Crippen LogP contribution in [-0.2, 0) is 4.79 Å². The maximum atomic E-state index is 12.4. The van der Waals surface area contributed by atoms with E-state index in [4.69, 9.17) is 11.6 Å². The van der Waals surface area contributed by atoms with E-state index in [1.54, 1.807) is 11.8 Å². The normalized spacial score (nSPS) is 24.9. The molecule has 0 aromatic heterocycles. The van der Waals surface area contributed by atoms with Crippen molar-refractivity contribution in [2.45, 2.75) is 24.2 Å². The van der Waals surface area contributed by atoms with Crippen LogP contribution in [0.4, 0.5) is 0 Å². The van der Waals surface area contributed by atoms with Crippen LogP contribution >= 0.6 is 23.4 Å². The molecule has 0 spiro atoms. The summed E-state index contributed by atoms with van der Waals surface area (Å²) in [7, 11) is 0. The number of hydrogen-bond acceptors (Lipinski definition) is 3. The van der Waals surface area contributed by atoms with E-state index in [0.717, 1.165) is 66.5 Å². The van der Waals surface area contributed by atoms with E-state index >= 15 is 0 Å². The van der Waals surface area contributed by atoms with Crippen LogP contribution in [0.2, 0.25) is 5.02 Å². The lowest BCUT2D eigenvalue weighted by molar-refractivity contribution is -0.130. The number of fused-ring (bicyclic) bond motifs is 1. The maximum absolute atomic E-state index is 12.4. The number of carbonyl (C=O) groups excluding carboxylic acids is 1.